The summed E-state index contributed by atoms with van der Waals surface area (Å²) < 4.78 is 1.90. The average Bonchev–Trinajstić information content (AvgIpc) is 3.18. The number of hydrogen-bond donors (Lipinski definition) is 1. The molecular formula is C17H14N6. The van der Waals surface area contributed by atoms with Crippen LogP contribution in [0.25, 0.3) is 22.3 Å². The van der Waals surface area contributed by atoms with E-state index in [1.165, 1.54) is 0 Å². The third-order valence-electron chi connectivity index (χ3n) is 4.42. The Kier molecular flexibility index (Phi) is 3.09. The number of nitriles is 1. The largest absolute Gasteiger partial charge is 0.346 e. The fourth-order valence-electron chi connectivity index (χ4n) is 3.07. The summed E-state index contributed by atoms with van der Waals surface area (Å²) in [5.74, 6) is 5.66. The quantitative estimate of drug-likeness (QED) is 0.754. The van der Waals surface area contributed by atoms with Crippen LogP contribution in [0.5, 0.6) is 0 Å². The zero-order chi connectivity index (χ0) is 15.7. The lowest BCUT2D eigenvalue weighted by atomic mass is 9.69. The molecule has 3 aromatic heterocycles. The second kappa shape index (κ2) is 5.26. The summed E-state index contributed by atoms with van der Waals surface area (Å²) in [5, 5.41) is 14.1. The van der Waals surface area contributed by atoms with Crippen LogP contribution in [0, 0.1) is 28.6 Å². The molecule has 0 amide bonds. The van der Waals surface area contributed by atoms with Crippen molar-refractivity contribution in [1.82, 2.24) is 24.7 Å². The van der Waals surface area contributed by atoms with Gasteiger partial charge in [0.1, 0.15) is 12.0 Å². The fraction of sp³-hybridized carbons (Fsp3) is 0.294. The molecule has 1 fully saturated rings. The first-order chi connectivity index (χ1) is 11.3. The van der Waals surface area contributed by atoms with Gasteiger partial charge < -0.3 is 4.98 Å². The SMILES string of the molecule is N#CC#CC1(Cn2cc(-c3ncnc4[nH]ccc34)cn2)CCC1. The van der Waals surface area contributed by atoms with Gasteiger partial charge in [-0.1, -0.05) is 12.3 Å². The van der Waals surface area contributed by atoms with Crippen LogP contribution < -0.4 is 0 Å². The summed E-state index contributed by atoms with van der Waals surface area (Å²) in [6.07, 6.45) is 10.4. The summed E-state index contributed by atoms with van der Waals surface area (Å²) in [6, 6.07) is 3.88. The van der Waals surface area contributed by atoms with E-state index in [2.05, 4.69) is 31.9 Å². The second-order valence-electron chi connectivity index (χ2n) is 5.88. The summed E-state index contributed by atoms with van der Waals surface area (Å²) in [7, 11) is 0. The van der Waals surface area contributed by atoms with Crippen molar-refractivity contribution in [3.05, 3.63) is 31.0 Å². The van der Waals surface area contributed by atoms with Gasteiger partial charge in [-0.3, -0.25) is 4.68 Å². The summed E-state index contributed by atoms with van der Waals surface area (Å²) in [6.45, 7) is 0.711. The predicted molar refractivity (Wildman–Crippen MR) is 84.8 cm³/mol. The maximum Gasteiger partial charge on any atom is 0.152 e. The molecule has 0 spiro atoms. The highest BCUT2D eigenvalue weighted by Crippen LogP contribution is 2.41. The van der Waals surface area contributed by atoms with Crippen LogP contribution in [-0.4, -0.2) is 24.7 Å². The van der Waals surface area contributed by atoms with Gasteiger partial charge in [0.25, 0.3) is 0 Å². The molecular weight excluding hydrogens is 288 g/mol. The van der Waals surface area contributed by atoms with E-state index in [-0.39, 0.29) is 5.41 Å². The Hall–Kier alpha value is -3.12. The summed E-state index contributed by atoms with van der Waals surface area (Å²) in [5.41, 5.74) is 2.54. The predicted octanol–water partition coefficient (Wildman–Crippen LogP) is 2.52. The van der Waals surface area contributed by atoms with Gasteiger partial charge in [-0.25, -0.2) is 9.97 Å². The van der Waals surface area contributed by atoms with Gasteiger partial charge in [0.05, 0.1) is 23.9 Å². The average molecular weight is 302 g/mol. The van der Waals surface area contributed by atoms with Crippen molar-refractivity contribution in [3.63, 3.8) is 0 Å². The molecule has 3 heterocycles. The first kappa shape index (κ1) is 13.5. The highest BCUT2D eigenvalue weighted by Gasteiger charge is 2.36. The van der Waals surface area contributed by atoms with Gasteiger partial charge in [0, 0.05) is 29.3 Å². The molecule has 1 N–H and O–H groups in total. The number of hydrogen-bond acceptors (Lipinski definition) is 4. The molecule has 0 radical (unpaired) electrons. The number of rotatable bonds is 3. The smallest absolute Gasteiger partial charge is 0.152 e. The zero-order valence-corrected chi connectivity index (χ0v) is 12.5. The normalized spacial score (nSPS) is 15.4. The molecule has 1 saturated carbocycles. The highest BCUT2D eigenvalue weighted by atomic mass is 15.3. The number of fused-ring (bicyclic) bond motifs is 1. The van der Waals surface area contributed by atoms with E-state index in [0.717, 1.165) is 41.6 Å². The minimum absolute atomic E-state index is 0.103. The Labute approximate surface area is 133 Å². The topological polar surface area (TPSA) is 83.2 Å². The van der Waals surface area contributed by atoms with Gasteiger partial charge in [-0.2, -0.15) is 10.4 Å². The van der Waals surface area contributed by atoms with E-state index >= 15 is 0 Å². The molecule has 6 heteroatoms. The lowest BCUT2D eigenvalue weighted by Gasteiger charge is -2.36. The van der Waals surface area contributed by atoms with Crippen LogP contribution in [0.4, 0.5) is 0 Å². The molecule has 23 heavy (non-hydrogen) atoms. The van der Waals surface area contributed by atoms with E-state index in [0.29, 0.717) is 6.54 Å². The van der Waals surface area contributed by atoms with Gasteiger partial charge >= 0.3 is 0 Å². The number of nitrogens with zero attached hydrogens (tertiary/aromatic N) is 5. The molecule has 0 unspecified atom stereocenters. The molecule has 0 bridgehead atoms. The number of aromatic amines is 1. The number of H-pyrrole nitrogens is 1. The highest BCUT2D eigenvalue weighted by molar-refractivity contribution is 5.89. The van der Waals surface area contributed by atoms with Crippen LogP contribution in [0.2, 0.25) is 0 Å². The Bertz CT molecular complexity index is 958. The number of aromatic nitrogens is 5. The monoisotopic (exact) mass is 302 g/mol. The second-order valence-corrected chi connectivity index (χ2v) is 5.88. The molecule has 0 aromatic carbocycles. The Morgan fingerprint density at radius 1 is 1.35 bits per heavy atom. The van der Waals surface area contributed by atoms with Crippen molar-refractivity contribution in [1.29, 1.82) is 5.26 Å². The fourth-order valence-corrected chi connectivity index (χ4v) is 3.07. The lowest BCUT2D eigenvalue weighted by molar-refractivity contribution is 0.177. The van der Waals surface area contributed by atoms with Crippen LogP contribution in [-0.2, 0) is 6.54 Å². The van der Waals surface area contributed by atoms with E-state index in [1.54, 1.807) is 6.33 Å². The molecule has 112 valence electrons. The van der Waals surface area contributed by atoms with Crippen LogP contribution in [0.3, 0.4) is 0 Å². The Balaban J connectivity index is 1.65. The molecule has 0 aliphatic heterocycles. The van der Waals surface area contributed by atoms with Crippen molar-refractivity contribution in [3.8, 4) is 29.2 Å². The van der Waals surface area contributed by atoms with E-state index in [4.69, 9.17) is 5.26 Å². The Morgan fingerprint density at radius 2 is 2.26 bits per heavy atom. The van der Waals surface area contributed by atoms with Gasteiger partial charge in [0.2, 0.25) is 0 Å². The molecule has 1 aliphatic rings. The molecule has 0 atom stereocenters. The van der Waals surface area contributed by atoms with E-state index in [9.17, 15) is 0 Å². The third-order valence-corrected chi connectivity index (χ3v) is 4.42. The molecule has 0 saturated heterocycles. The molecule has 3 aromatic rings. The first-order valence-electron chi connectivity index (χ1n) is 7.52. The third kappa shape index (κ3) is 2.35. The van der Waals surface area contributed by atoms with Crippen molar-refractivity contribution in [2.45, 2.75) is 25.8 Å². The van der Waals surface area contributed by atoms with Crippen molar-refractivity contribution >= 4 is 11.0 Å². The maximum atomic E-state index is 8.69. The van der Waals surface area contributed by atoms with Crippen LogP contribution >= 0.6 is 0 Å². The van der Waals surface area contributed by atoms with E-state index < -0.39 is 0 Å². The molecule has 6 nitrogen and oxygen atoms in total. The zero-order valence-electron chi connectivity index (χ0n) is 12.5. The van der Waals surface area contributed by atoms with Crippen molar-refractivity contribution in [2.75, 3.05) is 0 Å². The summed E-state index contributed by atoms with van der Waals surface area (Å²) in [4.78, 5) is 11.7. The number of nitrogens with one attached hydrogen (secondary N) is 1. The van der Waals surface area contributed by atoms with Gasteiger partial charge in [0.15, 0.2) is 6.07 Å². The molecule has 1 aliphatic carbocycles. The van der Waals surface area contributed by atoms with E-state index in [1.807, 2.05) is 35.4 Å². The van der Waals surface area contributed by atoms with Gasteiger partial charge in [-0.05, 0) is 18.9 Å². The standard InChI is InChI=1S/C17H14N6/c18-7-2-6-17(4-1-5-17)11-23-10-13(9-22-23)15-14-3-8-19-16(14)21-12-20-15/h3,8-10,12H,1,4-5,11H2,(H,19,20,21). The molecule has 4 rings (SSSR count). The summed E-state index contributed by atoms with van der Waals surface area (Å²) >= 11 is 0. The Morgan fingerprint density at radius 3 is 3.04 bits per heavy atom. The maximum absolute atomic E-state index is 8.69. The minimum Gasteiger partial charge on any atom is -0.346 e. The van der Waals surface area contributed by atoms with Crippen LogP contribution in [0.1, 0.15) is 19.3 Å². The van der Waals surface area contributed by atoms with Crippen molar-refractivity contribution in [2.24, 2.45) is 5.41 Å². The van der Waals surface area contributed by atoms with Crippen molar-refractivity contribution < 1.29 is 0 Å². The van der Waals surface area contributed by atoms with Crippen LogP contribution in [0.15, 0.2) is 31.0 Å². The lowest BCUT2D eigenvalue weighted by Crippen LogP contribution is -2.32. The first-order valence-corrected chi connectivity index (χ1v) is 7.52. The minimum atomic E-state index is -0.103. The van der Waals surface area contributed by atoms with Gasteiger partial charge in [-0.15, -0.1) is 0 Å².